The lowest BCUT2D eigenvalue weighted by Gasteiger charge is -2.29. The second-order valence-corrected chi connectivity index (χ2v) is 13.9. The predicted octanol–water partition coefficient (Wildman–Crippen LogP) is 4.74. The van der Waals surface area contributed by atoms with Gasteiger partial charge in [-0.2, -0.15) is 4.31 Å². The van der Waals surface area contributed by atoms with Crippen molar-refractivity contribution in [2.45, 2.75) is 22.8 Å². The normalized spacial score (nSPS) is 16.5. The average molecular weight is 609 g/mol. The quantitative estimate of drug-likeness (QED) is 0.267. The van der Waals surface area contributed by atoms with E-state index in [9.17, 15) is 13.2 Å². The van der Waals surface area contributed by atoms with Crippen molar-refractivity contribution < 1.29 is 17.9 Å². The van der Waals surface area contributed by atoms with Crippen LogP contribution in [0.2, 0.25) is 0 Å². The van der Waals surface area contributed by atoms with E-state index in [-0.39, 0.29) is 10.8 Å². The number of sulfonamides is 1. The Morgan fingerprint density at radius 2 is 1.78 bits per heavy atom. The Morgan fingerprint density at radius 1 is 1.02 bits per heavy atom. The monoisotopic (exact) mass is 608 g/mol. The Bertz CT molecular complexity index is 1650. The zero-order valence-electron chi connectivity index (χ0n) is 22.9. The van der Waals surface area contributed by atoms with Crippen molar-refractivity contribution >= 4 is 54.4 Å². The molecule has 2 aliphatic heterocycles. The van der Waals surface area contributed by atoms with Crippen LogP contribution in [0, 0.1) is 0 Å². The van der Waals surface area contributed by atoms with Gasteiger partial charge in [-0.25, -0.2) is 13.4 Å². The summed E-state index contributed by atoms with van der Waals surface area (Å²) in [6.45, 7) is 4.98. The molecule has 0 unspecified atom stereocenters. The lowest BCUT2D eigenvalue weighted by atomic mass is 10.0. The van der Waals surface area contributed by atoms with Crippen molar-refractivity contribution in [2.75, 3.05) is 57.1 Å². The predicted molar refractivity (Wildman–Crippen MR) is 165 cm³/mol. The van der Waals surface area contributed by atoms with E-state index < -0.39 is 10.0 Å². The van der Waals surface area contributed by atoms with E-state index in [0.717, 1.165) is 33.8 Å². The number of anilines is 1. The minimum Gasteiger partial charge on any atom is -0.379 e. The first-order chi connectivity index (χ1) is 19.9. The maximum absolute atomic E-state index is 13.9. The fraction of sp³-hybridized carbons (Fsp3) is 0.333. The van der Waals surface area contributed by atoms with E-state index >= 15 is 0 Å². The molecule has 0 saturated carbocycles. The van der Waals surface area contributed by atoms with E-state index in [0.29, 0.717) is 56.5 Å². The molecule has 6 rings (SSSR count). The second kappa shape index (κ2) is 12.2. The zero-order chi connectivity index (χ0) is 28.4. The van der Waals surface area contributed by atoms with Crippen molar-refractivity contribution in [2.24, 2.45) is 0 Å². The number of benzene rings is 3. The Balaban J connectivity index is 1.24. The average Bonchev–Trinajstić information content (AvgIpc) is 3.44. The summed E-state index contributed by atoms with van der Waals surface area (Å²) < 4.78 is 35.0. The second-order valence-electron chi connectivity index (χ2n) is 10.1. The molecule has 0 atom stereocenters. The Hall–Kier alpha value is -2.80. The maximum atomic E-state index is 13.9. The zero-order valence-corrected chi connectivity index (χ0v) is 25.3. The van der Waals surface area contributed by atoms with Crippen LogP contribution in [0.5, 0.6) is 0 Å². The third-order valence-electron chi connectivity index (χ3n) is 7.64. The van der Waals surface area contributed by atoms with Crippen LogP contribution in [0.15, 0.2) is 76.5 Å². The molecule has 41 heavy (non-hydrogen) atoms. The number of ether oxygens (including phenoxy) is 1. The molecular formula is C30H32N4O4S3. The molecule has 0 bridgehead atoms. The first-order valence-corrected chi connectivity index (χ1v) is 17.1. The molecular weight excluding hydrogens is 577 g/mol. The van der Waals surface area contributed by atoms with Gasteiger partial charge in [0.15, 0.2) is 5.13 Å². The SMILES string of the molecule is CSc1ccc2nc(N(CCN3CCOCC3)C(=O)c3ccc(S(=O)(=O)N4CCc5ccccc5C4)cc3)sc2c1. The molecule has 3 heterocycles. The van der Waals surface area contributed by atoms with Gasteiger partial charge in [-0.15, -0.1) is 11.8 Å². The minimum atomic E-state index is -3.69. The third kappa shape index (κ3) is 6.06. The molecule has 4 aromatic rings. The van der Waals surface area contributed by atoms with Gasteiger partial charge in [-0.1, -0.05) is 35.6 Å². The lowest BCUT2D eigenvalue weighted by Crippen LogP contribution is -2.43. The number of amides is 1. The number of hydrogen-bond donors (Lipinski definition) is 0. The summed E-state index contributed by atoms with van der Waals surface area (Å²) in [6.07, 6.45) is 2.72. The molecule has 214 valence electrons. The van der Waals surface area contributed by atoms with Crippen LogP contribution in [0.25, 0.3) is 10.2 Å². The highest BCUT2D eigenvalue weighted by molar-refractivity contribution is 7.98. The van der Waals surface area contributed by atoms with Crippen molar-refractivity contribution in [3.8, 4) is 0 Å². The molecule has 0 aliphatic carbocycles. The van der Waals surface area contributed by atoms with Crippen molar-refractivity contribution in [3.05, 3.63) is 83.4 Å². The van der Waals surface area contributed by atoms with E-state index in [1.807, 2.05) is 36.6 Å². The van der Waals surface area contributed by atoms with Crippen LogP contribution >= 0.6 is 23.1 Å². The fourth-order valence-corrected chi connectivity index (χ4v) is 8.20. The maximum Gasteiger partial charge on any atom is 0.260 e. The topological polar surface area (TPSA) is 83.0 Å². The lowest BCUT2D eigenvalue weighted by molar-refractivity contribution is 0.0391. The van der Waals surface area contributed by atoms with Crippen molar-refractivity contribution in [3.63, 3.8) is 0 Å². The Kier molecular flexibility index (Phi) is 8.43. The molecule has 0 N–H and O–H groups in total. The van der Waals surface area contributed by atoms with Gasteiger partial charge < -0.3 is 4.74 Å². The molecule has 1 amide bonds. The molecule has 0 radical (unpaired) electrons. The molecule has 8 nitrogen and oxygen atoms in total. The number of hydrogen-bond acceptors (Lipinski definition) is 8. The van der Waals surface area contributed by atoms with Gasteiger partial charge in [0.05, 0.1) is 28.3 Å². The molecule has 1 saturated heterocycles. The number of carbonyl (C=O) groups excluding carboxylic acids is 1. The van der Waals surface area contributed by atoms with E-state index in [2.05, 4.69) is 17.0 Å². The van der Waals surface area contributed by atoms with Gasteiger partial charge in [0.25, 0.3) is 5.91 Å². The molecule has 1 aromatic heterocycles. The molecule has 2 aliphatic rings. The summed E-state index contributed by atoms with van der Waals surface area (Å²) in [7, 11) is -3.69. The highest BCUT2D eigenvalue weighted by Crippen LogP contribution is 2.33. The Morgan fingerprint density at radius 3 is 2.54 bits per heavy atom. The number of rotatable bonds is 8. The smallest absolute Gasteiger partial charge is 0.260 e. The number of carbonyl (C=O) groups is 1. The molecule has 0 spiro atoms. The molecule has 11 heteroatoms. The summed E-state index contributed by atoms with van der Waals surface area (Å²) in [5.41, 5.74) is 3.51. The first-order valence-electron chi connectivity index (χ1n) is 13.7. The fourth-order valence-electron chi connectivity index (χ4n) is 5.23. The van der Waals surface area contributed by atoms with Gasteiger partial charge >= 0.3 is 0 Å². The van der Waals surface area contributed by atoms with E-state index in [1.54, 1.807) is 40.9 Å². The largest absolute Gasteiger partial charge is 0.379 e. The Labute approximate surface area is 249 Å². The number of thioether (sulfide) groups is 1. The van der Waals surface area contributed by atoms with E-state index in [1.165, 1.54) is 21.2 Å². The van der Waals surface area contributed by atoms with Crippen LogP contribution in [0.1, 0.15) is 21.5 Å². The van der Waals surface area contributed by atoms with Crippen LogP contribution < -0.4 is 4.90 Å². The number of fused-ring (bicyclic) bond motifs is 2. The van der Waals surface area contributed by atoms with Crippen molar-refractivity contribution in [1.82, 2.24) is 14.2 Å². The molecule has 1 fully saturated rings. The van der Waals surface area contributed by atoms with Crippen LogP contribution in [-0.4, -0.2) is 80.7 Å². The van der Waals surface area contributed by atoms with Crippen LogP contribution in [-0.2, 0) is 27.7 Å². The number of nitrogens with zero attached hydrogens (tertiary/aromatic N) is 4. The van der Waals surface area contributed by atoms with Gasteiger partial charge in [0.2, 0.25) is 10.0 Å². The van der Waals surface area contributed by atoms with Gasteiger partial charge in [-0.3, -0.25) is 14.6 Å². The minimum absolute atomic E-state index is 0.192. The summed E-state index contributed by atoms with van der Waals surface area (Å²) in [5.74, 6) is -0.196. The van der Waals surface area contributed by atoms with Gasteiger partial charge in [0, 0.05) is 49.7 Å². The summed E-state index contributed by atoms with van der Waals surface area (Å²) in [4.78, 5) is 24.1. The highest BCUT2D eigenvalue weighted by Gasteiger charge is 2.29. The number of thiazole rings is 1. The number of aromatic nitrogens is 1. The van der Waals surface area contributed by atoms with Gasteiger partial charge in [-0.05, 0) is 66.3 Å². The summed E-state index contributed by atoms with van der Waals surface area (Å²) in [5, 5.41) is 0.639. The van der Waals surface area contributed by atoms with Crippen LogP contribution in [0.4, 0.5) is 5.13 Å². The highest BCUT2D eigenvalue weighted by atomic mass is 32.2. The number of morpholine rings is 1. The van der Waals surface area contributed by atoms with Crippen LogP contribution in [0.3, 0.4) is 0 Å². The summed E-state index contributed by atoms with van der Waals surface area (Å²) in [6, 6.07) is 20.4. The van der Waals surface area contributed by atoms with Crippen molar-refractivity contribution in [1.29, 1.82) is 0 Å². The summed E-state index contributed by atoms with van der Waals surface area (Å²) >= 11 is 3.17. The standard InChI is InChI=1S/C30H32N4O4S3/c1-39-25-8-11-27-28(20-25)40-30(31-27)34(15-14-32-16-18-38-19-17-32)29(35)23-6-9-26(10-7-23)41(36,37)33-13-12-22-4-2-3-5-24(22)21-33/h2-11,20H,12-19,21H2,1H3. The first kappa shape index (κ1) is 28.3. The van der Waals surface area contributed by atoms with E-state index in [4.69, 9.17) is 9.72 Å². The van der Waals surface area contributed by atoms with Gasteiger partial charge in [0.1, 0.15) is 0 Å². The third-order valence-corrected chi connectivity index (χ3v) is 11.3. The molecule has 3 aromatic carbocycles.